The van der Waals surface area contributed by atoms with E-state index in [1.165, 1.54) is 11.3 Å². The van der Waals surface area contributed by atoms with Crippen molar-refractivity contribution >= 4 is 34.6 Å². The summed E-state index contributed by atoms with van der Waals surface area (Å²) in [7, 11) is 0. The number of nitrogens with one attached hydrogen (secondary N) is 2. The van der Waals surface area contributed by atoms with Crippen molar-refractivity contribution in [1.29, 1.82) is 0 Å². The first-order valence-electron chi connectivity index (χ1n) is 8.12. The number of halogens is 1. The predicted octanol–water partition coefficient (Wildman–Crippen LogP) is 4.41. The number of imidazole rings is 1. The van der Waals surface area contributed by atoms with Gasteiger partial charge >= 0.3 is 0 Å². The highest BCUT2D eigenvalue weighted by Gasteiger charge is 2.32. The summed E-state index contributed by atoms with van der Waals surface area (Å²) in [5.41, 5.74) is 4.32. The van der Waals surface area contributed by atoms with E-state index < -0.39 is 0 Å². The van der Waals surface area contributed by atoms with Gasteiger partial charge in [-0.3, -0.25) is 0 Å². The molecule has 2 aromatic carbocycles. The molecule has 0 amide bonds. The van der Waals surface area contributed by atoms with Gasteiger partial charge in [0.15, 0.2) is 5.11 Å². The molecule has 0 bridgehead atoms. The van der Waals surface area contributed by atoms with Crippen LogP contribution in [0.15, 0.2) is 60.9 Å². The lowest BCUT2D eigenvalue weighted by molar-refractivity contribution is 0.336. The first kappa shape index (κ1) is 16.1. The average molecular weight is 369 g/mol. The lowest BCUT2D eigenvalue weighted by Gasteiger charge is -2.37. The van der Waals surface area contributed by atoms with Gasteiger partial charge in [0.1, 0.15) is 6.04 Å². The molecule has 0 radical (unpaired) electrons. The SMILES string of the molecule is S=C(Nc1ccc(Cl)cc1)N1CCc2[nH]cnc2C1c1ccccc1. The van der Waals surface area contributed by atoms with Crippen molar-refractivity contribution in [3.63, 3.8) is 0 Å². The molecule has 2 heterocycles. The molecule has 0 saturated heterocycles. The summed E-state index contributed by atoms with van der Waals surface area (Å²) in [6.45, 7) is 0.828. The third-order valence-corrected chi connectivity index (χ3v) is 4.99. The smallest absolute Gasteiger partial charge is 0.174 e. The lowest BCUT2D eigenvalue weighted by Crippen LogP contribution is -2.42. The van der Waals surface area contributed by atoms with Gasteiger partial charge in [-0.15, -0.1) is 0 Å². The van der Waals surface area contributed by atoms with Crippen LogP contribution in [0.5, 0.6) is 0 Å². The summed E-state index contributed by atoms with van der Waals surface area (Å²) < 4.78 is 0. The minimum Gasteiger partial charge on any atom is -0.348 e. The Labute approximate surface area is 156 Å². The normalized spacial score (nSPS) is 16.4. The molecule has 6 heteroatoms. The molecule has 0 spiro atoms. The number of hydrogen-bond acceptors (Lipinski definition) is 2. The molecule has 4 rings (SSSR count). The highest BCUT2D eigenvalue weighted by molar-refractivity contribution is 7.80. The standard InChI is InChI=1S/C19H17ClN4S/c20-14-6-8-15(9-7-14)23-19(25)24-11-10-16-17(22-12-21-16)18(24)13-4-2-1-3-5-13/h1-9,12,18H,10-11H2,(H,21,22)(H,23,25). The Morgan fingerprint density at radius 2 is 1.92 bits per heavy atom. The van der Waals surface area contributed by atoms with Crippen LogP contribution >= 0.6 is 23.8 Å². The van der Waals surface area contributed by atoms with Crippen LogP contribution in [-0.4, -0.2) is 26.5 Å². The second-order valence-electron chi connectivity index (χ2n) is 5.96. The van der Waals surface area contributed by atoms with Crippen LogP contribution in [0, 0.1) is 0 Å². The maximum Gasteiger partial charge on any atom is 0.174 e. The number of aromatic amines is 1. The minimum atomic E-state index is 0.00324. The monoisotopic (exact) mass is 368 g/mol. The fraction of sp³-hybridized carbons (Fsp3) is 0.158. The van der Waals surface area contributed by atoms with Crippen molar-refractivity contribution < 1.29 is 0 Å². The van der Waals surface area contributed by atoms with E-state index in [0.717, 1.165) is 24.3 Å². The van der Waals surface area contributed by atoms with Crippen molar-refractivity contribution in [2.75, 3.05) is 11.9 Å². The van der Waals surface area contributed by atoms with Crippen molar-refractivity contribution in [2.24, 2.45) is 0 Å². The number of aromatic nitrogens is 2. The quantitative estimate of drug-likeness (QED) is 0.658. The first-order valence-corrected chi connectivity index (χ1v) is 8.91. The Bertz CT molecular complexity index is 876. The van der Waals surface area contributed by atoms with Crippen LogP contribution in [0.3, 0.4) is 0 Å². The molecule has 0 aliphatic carbocycles. The molecule has 3 aromatic rings. The lowest BCUT2D eigenvalue weighted by atomic mass is 9.96. The van der Waals surface area contributed by atoms with E-state index in [4.69, 9.17) is 23.8 Å². The van der Waals surface area contributed by atoms with E-state index in [0.29, 0.717) is 10.1 Å². The summed E-state index contributed by atoms with van der Waals surface area (Å²) in [4.78, 5) is 10.0. The second kappa shape index (κ2) is 6.86. The van der Waals surface area contributed by atoms with E-state index >= 15 is 0 Å². The zero-order chi connectivity index (χ0) is 17.2. The van der Waals surface area contributed by atoms with Crippen LogP contribution in [-0.2, 0) is 6.42 Å². The van der Waals surface area contributed by atoms with E-state index in [9.17, 15) is 0 Å². The molecule has 1 unspecified atom stereocenters. The van der Waals surface area contributed by atoms with Gasteiger partial charge in [-0.05, 0) is 42.0 Å². The Kier molecular flexibility index (Phi) is 4.42. The number of thiocarbonyl (C=S) groups is 1. The number of anilines is 1. The summed E-state index contributed by atoms with van der Waals surface area (Å²) in [5.74, 6) is 0. The second-order valence-corrected chi connectivity index (χ2v) is 6.78. The average Bonchev–Trinajstić information content (AvgIpc) is 3.12. The van der Waals surface area contributed by atoms with Gasteiger partial charge in [-0.1, -0.05) is 41.9 Å². The van der Waals surface area contributed by atoms with Gasteiger partial charge in [-0.25, -0.2) is 4.98 Å². The Morgan fingerprint density at radius 3 is 2.68 bits per heavy atom. The Balaban J connectivity index is 1.65. The largest absolute Gasteiger partial charge is 0.348 e. The van der Waals surface area contributed by atoms with Gasteiger partial charge in [0.05, 0.1) is 12.0 Å². The highest BCUT2D eigenvalue weighted by atomic mass is 35.5. The van der Waals surface area contributed by atoms with Crippen molar-refractivity contribution in [2.45, 2.75) is 12.5 Å². The van der Waals surface area contributed by atoms with Crippen molar-refractivity contribution in [3.05, 3.63) is 82.9 Å². The molecule has 0 saturated carbocycles. The third kappa shape index (κ3) is 3.25. The van der Waals surface area contributed by atoms with E-state index in [2.05, 4.69) is 32.3 Å². The highest BCUT2D eigenvalue weighted by Crippen LogP contribution is 2.33. The van der Waals surface area contributed by atoms with E-state index in [-0.39, 0.29) is 6.04 Å². The topological polar surface area (TPSA) is 44.0 Å². The molecule has 25 heavy (non-hydrogen) atoms. The molecule has 1 aromatic heterocycles. The fourth-order valence-electron chi connectivity index (χ4n) is 3.20. The number of H-pyrrole nitrogens is 1. The van der Waals surface area contributed by atoms with Crippen molar-refractivity contribution in [3.8, 4) is 0 Å². The van der Waals surface area contributed by atoms with Crippen LogP contribution in [0.25, 0.3) is 0 Å². The fourth-order valence-corrected chi connectivity index (χ4v) is 3.64. The third-order valence-electron chi connectivity index (χ3n) is 4.40. The molecule has 4 nitrogen and oxygen atoms in total. The van der Waals surface area contributed by atoms with E-state index in [1.54, 1.807) is 6.33 Å². The number of rotatable bonds is 2. The molecule has 0 fully saturated rings. The van der Waals surface area contributed by atoms with Gasteiger partial charge in [0, 0.05) is 29.4 Å². The summed E-state index contributed by atoms with van der Waals surface area (Å²) in [5, 5.41) is 4.71. The predicted molar refractivity (Wildman–Crippen MR) is 105 cm³/mol. The Hall–Kier alpha value is -2.37. The molecule has 1 aliphatic rings. The van der Waals surface area contributed by atoms with Gasteiger partial charge in [0.2, 0.25) is 0 Å². The molecule has 1 aliphatic heterocycles. The molecule has 126 valence electrons. The number of hydrogen-bond donors (Lipinski definition) is 2. The summed E-state index contributed by atoms with van der Waals surface area (Å²) in [6, 6.07) is 17.9. The minimum absolute atomic E-state index is 0.00324. The molecular weight excluding hydrogens is 352 g/mol. The van der Waals surface area contributed by atoms with Gasteiger partial charge in [0.25, 0.3) is 0 Å². The molecular formula is C19H17ClN4S. The van der Waals surface area contributed by atoms with Crippen LogP contribution in [0.2, 0.25) is 5.02 Å². The zero-order valence-electron chi connectivity index (χ0n) is 13.4. The number of fused-ring (bicyclic) bond motifs is 1. The number of nitrogens with zero attached hydrogens (tertiary/aromatic N) is 2. The van der Waals surface area contributed by atoms with Gasteiger partial charge < -0.3 is 15.2 Å². The zero-order valence-corrected chi connectivity index (χ0v) is 15.0. The maximum atomic E-state index is 5.96. The summed E-state index contributed by atoms with van der Waals surface area (Å²) in [6.07, 6.45) is 2.65. The van der Waals surface area contributed by atoms with Crippen LogP contribution in [0.1, 0.15) is 23.0 Å². The maximum absolute atomic E-state index is 5.96. The molecule has 2 N–H and O–H groups in total. The Morgan fingerprint density at radius 1 is 1.16 bits per heavy atom. The van der Waals surface area contributed by atoms with Gasteiger partial charge in [-0.2, -0.15) is 0 Å². The molecule has 1 atom stereocenters. The first-order chi connectivity index (χ1) is 12.2. The number of benzene rings is 2. The van der Waals surface area contributed by atoms with E-state index in [1.807, 2.05) is 42.5 Å². The van der Waals surface area contributed by atoms with Crippen LogP contribution < -0.4 is 5.32 Å². The van der Waals surface area contributed by atoms with Crippen LogP contribution in [0.4, 0.5) is 5.69 Å². The summed E-state index contributed by atoms with van der Waals surface area (Å²) >= 11 is 11.7. The van der Waals surface area contributed by atoms with Crippen molar-refractivity contribution in [1.82, 2.24) is 14.9 Å².